The van der Waals surface area contributed by atoms with Crippen molar-refractivity contribution in [2.75, 3.05) is 21.1 Å². The minimum atomic E-state index is 0.215. The van der Waals surface area contributed by atoms with Gasteiger partial charge in [0.15, 0.2) is 0 Å². The second kappa shape index (κ2) is 1.98. The minimum absolute atomic E-state index is 0.215. The maximum atomic E-state index is 9.18. The lowest BCUT2D eigenvalue weighted by Crippen LogP contribution is -2.35. The van der Waals surface area contributed by atoms with Crippen molar-refractivity contribution in [3.8, 4) is 5.75 Å². The fraction of sp³-hybridized carbons (Fsp3) is 0.500. The average molecular weight is 142 g/mol. The molecule has 2 N–H and O–H groups in total. The number of nitrogens with zero attached hydrogens (tertiary/aromatic N) is 2. The molecule has 0 bridgehead atoms. The molecule has 0 aliphatic rings. The number of aromatic nitrogens is 2. The Morgan fingerprint density at radius 3 is 2.30 bits per heavy atom. The maximum Gasteiger partial charge on any atom is 0.265 e. The van der Waals surface area contributed by atoms with E-state index in [1.807, 2.05) is 21.1 Å². The van der Waals surface area contributed by atoms with Crippen molar-refractivity contribution in [3.05, 3.63) is 6.20 Å². The van der Waals surface area contributed by atoms with E-state index in [1.165, 1.54) is 6.20 Å². The Bertz CT molecular complexity index is 223. The quantitative estimate of drug-likeness (QED) is 0.554. The van der Waals surface area contributed by atoms with E-state index in [-0.39, 0.29) is 5.75 Å². The van der Waals surface area contributed by atoms with Gasteiger partial charge in [-0.3, -0.25) is 4.48 Å². The van der Waals surface area contributed by atoms with Gasteiger partial charge in [0.1, 0.15) is 0 Å². The number of nitrogens with one attached hydrogen (secondary N) is 1. The number of H-pyrrole nitrogens is 1. The van der Waals surface area contributed by atoms with Crippen LogP contribution in [0.1, 0.15) is 0 Å². The zero-order valence-corrected chi connectivity index (χ0v) is 6.42. The molecule has 0 saturated carbocycles. The molecular formula is C6H12N3O+. The number of aromatic hydroxyl groups is 1. The van der Waals surface area contributed by atoms with Gasteiger partial charge in [-0.1, -0.05) is 0 Å². The molecule has 0 spiro atoms. The summed E-state index contributed by atoms with van der Waals surface area (Å²) in [5.41, 5.74) is 0. The predicted molar refractivity (Wildman–Crippen MR) is 39.8 cm³/mol. The third-order valence-electron chi connectivity index (χ3n) is 1.27. The first-order valence-electron chi connectivity index (χ1n) is 3.06. The van der Waals surface area contributed by atoms with Crippen LogP contribution in [0, 0.1) is 0 Å². The van der Waals surface area contributed by atoms with Crippen LogP contribution in [0.3, 0.4) is 0 Å². The van der Waals surface area contributed by atoms with E-state index in [0.29, 0.717) is 4.48 Å². The Balaban J connectivity index is 3.05. The fourth-order valence-corrected chi connectivity index (χ4v) is 0.767. The summed E-state index contributed by atoms with van der Waals surface area (Å²) in [5, 5.41) is 15.6. The molecule has 0 amide bonds. The molecule has 0 atom stereocenters. The lowest BCUT2D eigenvalue weighted by atomic mass is 10.5. The molecular weight excluding hydrogens is 130 g/mol. The average Bonchev–Trinajstić information content (AvgIpc) is 2.11. The van der Waals surface area contributed by atoms with Crippen LogP contribution in [0.5, 0.6) is 5.75 Å². The van der Waals surface area contributed by atoms with Crippen molar-refractivity contribution >= 4 is 5.82 Å². The van der Waals surface area contributed by atoms with Gasteiger partial charge in [-0.2, -0.15) is 5.10 Å². The van der Waals surface area contributed by atoms with Crippen molar-refractivity contribution in [2.24, 2.45) is 0 Å². The van der Waals surface area contributed by atoms with Crippen LogP contribution >= 0.6 is 0 Å². The molecule has 1 heterocycles. The van der Waals surface area contributed by atoms with Gasteiger partial charge in [-0.05, 0) is 0 Å². The smallest absolute Gasteiger partial charge is 0.265 e. The third kappa shape index (κ3) is 1.11. The summed E-state index contributed by atoms with van der Waals surface area (Å²) in [6.45, 7) is 0. The van der Waals surface area contributed by atoms with Crippen molar-refractivity contribution < 1.29 is 5.11 Å². The van der Waals surface area contributed by atoms with Crippen LogP contribution in [-0.4, -0.2) is 36.4 Å². The minimum Gasteiger partial charge on any atom is -0.500 e. The van der Waals surface area contributed by atoms with E-state index in [4.69, 9.17) is 0 Å². The van der Waals surface area contributed by atoms with Gasteiger partial charge in [0.25, 0.3) is 5.82 Å². The van der Waals surface area contributed by atoms with Gasteiger partial charge < -0.3 is 5.11 Å². The van der Waals surface area contributed by atoms with Crippen LogP contribution in [0.4, 0.5) is 5.82 Å². The number of quaternary nitrogens is 1. The molecule has 4 heteroatoms. The van der Waals surface area contributed by atoms with E-state index in [0.717, 1.165) is 5.82 Å². The molecule has 0 radical (unpaired) electrons. The van der Waals surface area contributed by atoms with E-state index in [1.54, 1.807) is 0 Å². The lowest BCUT2D eigenvalue weighted by molar-refractivity contribution is 0.422. The summed E-state index contributed by atoms with van der Waals surface area (Å²) in [5.74, 6) is 0.938. The molecule has 56 valence electrons. The summed E-state index contributed by atoms with van der Waals surface area (Å²) in [7, 11) is 5.85. The predicted octanol–water partition coefficient (Wildman–Crippen LogP) is 0.312. The second-order valence-electron chi connectivity index (χ2n) is 3.12. The van der Waals surface area contributed by atoms with Crippen LogP contribution in [0.25, 0.3) is 0 Å². The summed E-state index contributed by atoms with van der Waals surface area (Å²) < 4.78 is 0.547. The van der Waals surface area contributed by atoms with Gasteiger partial charge in [0.05, 0.1) is 27.3 Å². The summed E-state index contributed by atoms with van der Waals surface area (Å²) in [4.78, 5) is 0. The number of rotatable bonds is 1. The molecule has 0 fully saturated rings. The highest BCUT2D eigenvalue weighted by Crippen LogP contribution is 2.24. The number of aromatic amines is 1. The zero-order valence-electron chi connectivity index (χ0n) is 6.42. The molecule has 1 rings (SSSR count). The zero-order chi connectivity index (χ0) is 7.78. The molecule has 0 aliphatic carbocycles. The lowest BCUT2D eigenvalue weighted by Gasteiger charge is -2.20. The molecule has 0 aliphatic heterocycles. The second-order valence-corrected chi connectivity index (χ2v) is 3.12. The van der Waals surface area contributed by atoms with Gasteiger partial charge in [0.2, 0.25) is 5.75 Å². The molecule has 10 heavy (non-hydrogen) atoms. The summed E-state index contributed by atoms with van der Waals surface area (Å²) in [6.07, 6.45) is 1.40. The normalized spacial score (nSPS) is 11.9. The van der Waals surface area contributed by atoms with E-state index in [9.17, 15) is 5.11 Å². The fourth-order valence-electron chi connectivity index (χ4n) is 0.767. The van der Waals surface area contributed by atoms with Crippen LogP contribution < -0.4 is 4.48 Å². The van der Waals surface area contributed by atoms with Crippen molar-refractivity contribution in [1.82, 2.24) is 14.7 Å². The molecule has 1 aromatic rings. The first-order valence-corrected chi connectivity index (χ1v) is 3.06. The maximum absolute atomic E-state index is 9.18. The first-order chi connectivity index (χ1) is 4.52. The van der Waals surface area contributed by atoms with E-state index < -0.39 is 0 Å². The van der Waals surface area contributed by atoms with Crippen LogP contribution in [0.15, 0.2) is 6.20 Å². The SMILES string of the molecule is C[N+](C)(C)c1[nH]ncc1O. The topological polar surface area (TPSA) is 48.9 Å². The molecule has 0 unspecified atom stereocenters. The third-order valence-corrected chi connectivity index (χ3v) is 1.27. The van der Waals surface area contributed by atoms with E-state index in [2.05, 4.69) is 10.2 Å². The number of hydrogen-bond acceptors (Lipinski definition) is 2. The summed E-state index contributed by atoms with van der Waals surface area (Å²) in [6, 6.07) is 0. The van der Waals surface area contributed by atoms with E-state index >= 15 is 0 Å². The van der Waals surface area contributed by atoms with Gasteiger partial charge in [-0.15, -0.1) is 0 Å². The largest absolute Gasteiger partial charge is 0.500 e. The van der Waals surface area contributed by atoms with Gasteiger partial charge in [0, 0.05) is 0 Å². The first kappa shape index (κ1) is 7.08. The highest BCUT2D eigenvalue weighted by molar-refractivity contribution is 5.44. The Morgan fingerprint density at radius 2 is 2.10 bits per heavy atom. The Kier molecular flexibility index (Phi) is 1.40. The van der Waals surface area contributed by atoms with Crippen molar-refractivity contribution in [2.45, 2.75) is 0 Å². The highest BCUT2D eigenvalue weighted by atomic mass is 16.3. The van der Waals surface area contributed by atoms with Crippen molar-refractivity contribution in [3.63, 3.8) is 0 Å². The standard InChI is InChI=1S/C6H11N3O/c1-9(2,3)6-5(10)4-7-8-6/h4H,1-3H3,(H-,7,8,10)/p+1. The van der Waals surface area contributed by atoms with Crippen LogP contribution in [0.2, 0.25) is 0 Å². The highest BCUT2D eigenvalue weighted by Gasteiger charge is 2.18. The van der Waals surface area contributed by atoms with Gasteiger partial charge >= 0.3 is 0 Å². The Labute approximate surface area is 59.7 Å². The molecule has 0 aromatic carbocycles. The molecule has 4 nitrogen and oxygen atoms in total. The van der Waals surface area contributed by atoms with Crippen molar-refractivity contribution in [1.29, 1.82) is 0 Å². The van der Waals surface area contributed by atoms with Gasteiger partial charge in [-0.25, -0.2) is 5.10 Å². The Hall–Kier alpha value is -1.03. The van der Waals surface area contributed by atoms with Crippen LogP contribution in [-0.2, 0) is 0 Å². The molecule has 0 saturated heterocycles. The number of hydrogen-bond donors (Lipinski definition) is 2. The monoisotopic (exact) mass is 142 g/mol. The summed E-state index contributed by atoms with van der Waals surface area (Å²) >= 11 is 0. The molecule has 1 aromatic heterocycles. The Morgan fingerprint density at radius 1 is 1.50 bits per heavy atom.